The van der Waals surface area contributed by atoms with Gasteiger partial charge in [-0.25, -0.2) is 4.79 Å². The molecule has 86 valence electrons. The van der Waals surface area contributed by atoms with Crippen molar-refractivity contribution in [2.75, 3.05) is 6.61 Å². The normalized spacial score (nSPS) is 24.3. The maximum Gasteiger partial charge on any atom is 0.420 e. The van der Waals surface area contributed by atoms with E-state index in [0.29, 0.717) is 0 Å². The molecule has 0 bridgehead atoms. The van der Waals surface area contributed by atoms with Crippen LogP contribution in [0.4, 0.5) is 13.2 Å². The molecule has 15 heavy (non-hydrogen) atoms. The van der Waals surface area contributed by atoms with Gasteiger partial charge in [-0.15, -0.1) is 0 Å². The lowest BCUT2D eigenvalue weighted by molar-refractivity contribution is -0.150. The molecule has 3 N–H and O–H groups in total. The number of esters is 1. The average molecular weight is 228 g/mol. The molecule has 2 atom stereocenters. The minimum Gasteiger partial charge on any atom is -0.502 e. The molecule has 0 saturated carbocycles. The van der Waals surface area contributed by atoms with Crippen molar-refractivity contribution in [3.63, 3.8) is 0 Å². The zero-order valence-corrected chi connectivity index (χ0v) is 7.15. The van der Waals surface area contributed by atoms with E-state index in [4.69, 9.17) is 15.3 Å². The van der Waals surface area contributed by atoms with E-state index < -0.39 is 42.3 Å². The van der Waals surface area contributed by atoms with Crippen LogP contribution in [0.3, 0.4) is 0 Å². The fourth-order valence-corrected chi connectivity index (χ4v) is 1.14. The van der Waals surface area contributed by atoms with Crippen molar-refractivity contribution in [2.45, 2.75) is 18.4 Å². The van der Waals surface area contributed by atoms with Crippen molar-refractivity contribution in [1.29, 1.82) is 0 Å². The second-order valence-corrected chi connectivity index (χ2v) is 2.84. The molecule has 0 radical (unpaired) electrons. The first-order valence-corrected chi connectivity index (χ1v) is 3.79. The summed E-state index contributed by atoms with van der Waals surface area (Å²) in [7, 11) is 0. The highest BCUT2D eigenvalue weighted by Gasteiger charge is 2.52. The lowest BCUT2D eigenvalue weighted by Crippen LogP contribution is -2.36. The Morgan fingerprint density at radius 2 is 2.00 bits per heavy atom. The molecule has 0 aromatic carbocycles. The topological polar surface area (TPSA) is 87.0 Å². The molecule has 0 aromatic heterocycles. The van der Waals surface area contributed by atoms with Crippen molar-refractivity contribution in [3.05, 3.63) is 11.3 Å². The molecule has 0 aromatic rings. The third-order valence-corrected chi connectivity index (χ3v) is 1.81. The van der Waals surface area contributed by atoms with Crippen LogP contribution in [-0.4, -0.2) is 46.3 Å². The number of aliphatic hydroxyl groups excluding tert-OH is 3. The number of carbonyl (C=O) groups excluding carboxylic acids is 1. The minimum absolute atomic E-state index is 1.02. The molecular formula is C7H7F3O5. The van der Waals surface area contributed by atoms with E-state index in [2.05, 4.69) is 4.74 Å². The van der Waals surface area contributed by atoms with Crippen LogP contribution in [0.2, 0.25) is 0 Å². The molecule has 1 aliphatic heterocycles. The van der Waals surface area contributed by atoms with Crippen LogP contribution >= 0.6 is 0 Å². The summed E-state index contributed by atoms with van der Waals surface area (Å²) in [5.74, 6) is -3.15. The van der Waals surface area contributed by atoms with Gasteiger partial charge in [-0.2, -0.15) is 13.2 Å². The summed E-state index contributed by atoms with van der Waals surface area (Å²) in [6, 6.07) is 0. The molecule has 1 rings (SSSR count). The Bertz CT molecular complexity index is 308. The highest BCUT2D eigenvalue weighted by molar-refractivity contribution is 5.90. The number of aliphatic hydroxyl groups is 3. The summed E-state index contributed by atoms with van der Waals surface area (Å²) < 4.78 is 40.9. The van der Waals surface area contributed by atoms with Crippen LogP contribution in [0, 0.1) is 0 Å². The summed E-state index contributed by atoms with van der Waals surface area (Å²) in [6.07, 6.45) is -9.01. The number of cyclic esters (lactones) is 1. The van der Waals surface area contributed by atoms with Gasteiger partial charge in [-0.1, -0.05) is 0 Å². The molecule has 0 amide bonds. The molecule has 0 saturated heterocycles. The van der Waals surface area contributed by atoms with Crippen molar-refractivity contribution in [2.24, 2.45) is 0 Å². The Morgan fingerprint density at radius 1 is 1.47 bits per heavy atom. The molecular weight excluding hydrogens is 221 g/mol. The van der Waals surface area contributed by atoms with Gasteiger partial charge < -0.3 is 20.1 Å². The fraction of sp³-hybridized carbons (Fsp3) is 0.571. The van der Waals surface area contributed by atoms with E-state index in [-0.39, 0.29) is 0 Å². The number of hydrogen-bond donors (Lipinski definition) is 3. The number of ether oxygens (including phenoxy) is 1. The largest absolute Gasteiger partial charge is 0.502 e. The van der Waals surface area contributed by atoms with Crippen LogP contribution in [0.1, 0.15) is 0 Å². The molecule has 8 heteroatoms. The zero-order valence-electron chi connectivity index (χ0n) is 7.15. The van der Waals surface area contributed by atoms with Crippen LogP contribution in [0.25, 0.3) is 0 Å². The van der Waals surface area contributed by atoms with Crippen LogP contribution in [0.5, 0.6) is 0 Å². The predicted octanol–water partition coefficient (Wildman–Crippen LogP) is -0.361. The van der Waals surface area contributed by atoms with Gasteiger partial charge >= 0.3 is 12.1 Å². The number of hydrogen-bond acceptors (Lipinski definition) is 5. The quantitative estimate of drug-likeness (QED) is 0.562. The van der Waals surface area contributed by atoms with Crippen molar-refractivity contribution >= 4 is 5.97 Å². The fourth-order valence-electron chi connectivity index (χ4n) is 1.14. The summed E-state index contributed by atoms with van der Waals surface area (Å²) >= 11 is 0. The zero-order chi connectivity index (χ0) is 11.8. The van der Waals surface area contributed by atoms with Crippen LogP contribution < -0.4 is 0 Å². The summed E-state index contributed by atoms with van der Waals surface area (Å²) in [6.45, 7) is -1.02. The third kappa shape index (κ3) is 2.05. The molecule has 0 fully saturated rings. The first kappa shape index (κ1) is 11.8. The average Bonchev–Trinajstić information content (AvgIpc) is 2.41. The van der Waals surface area contributed by atoms with Crippen molar-refractivity contribution < 1.29 is 38.0 Å². The van der Waals surface area contributed by atoms with Gasteiger partial charge in [0.2, 0.25) is 5.76 Å². The first-order valence-electron chi connectivity index (χ1n) is 3.79. The second-order valence-electron chi connectivity index (χ2n) is 2.84. The van der Waals surface area contributed by atoms with Gasteiger partial charge in [0, 0.05) is 0 Å². The molecule has 1 heterocycles. The van der Waals surface area contributed by atoms with Gasteiger partial charge in [0.1, 0.15) is 11.7 Å². The van der Waals surface area contributed by atoms with Crippen molar-refractivity contribution in [3.8, 4) is 0 Å². The number of halogens is 3. The second kappa shape index (κ2) is 3.70. The van der Waals surface area contributed by atoms with Gasteiger partial charge in [-0.3, -0.25) is 0 Å². The Labute approximate surface area is 81.4 Å². The molecule has 1 aliphatic rings. The van der Waals surface area contributed by atoms with E-state index >= 15 is 0 Å². The minimum atomic E-state index is -5.00. The van der Waals surface area contributed by atoms with Gasteiger partial charge in [-0.05, 0) is 0 Å². The Morgan fingerprint density at radius 3 is 2.40 bits per heavy atom. The molecule has 0 spiro atoms. The van der Waals surface area contributed by atoms with Gasteiger partial charge in [0.05, 0.1) is 6.61 Å². The Kier molecular flexibility index (Phi) is 2.91. The lowest BCUT2D eigenvalue weighted by Gasteiger charge is -2.19. The number of alkyl halides is 3. The third-order valence-electron chi connectivity index (χ3n) is 1.81. The van der Waals surface area contributed by atoms with E-state index in [9.17, 15) is 18.0 Å². The number of carbonyl (C=O) groups is 1. The van der Waals surface area contributed by atoms with E-state index in [1.54, 1.807) is 0 Å². The van der Waals surface area contributed by atoms with Crippen LogP contribution in [-0.2, 0) is 9.53 Å². The highest BCUT2D eigenvalue weighted by atomic mass is 19.4. The van der Waals surface area contributed by atoms with E-state index in [1.807, 2.05) is 0 Å². The Hall–Kier alpha value is -1.28. The molecule has 0 aliphatic carbocycles. The maximum absolute atomic E-state index is 12.3. The maximum atomic E-state index is 12.3. The lowest BCUT2D eigenvalue weighted by atomic mass is 10.1. The molecule has 5 nitrogen and oxygen atoms in total. The summed E-state index contributed by atoms with van der Waals surface area (Å²) in [5.41, 5.74) is -1.67. The highest BCUT2D eigenvalue weighted by Crippen LogP contribution is 2.37. The summed E-state index contributed by atoms with van der Waals surface area (Å²) in [4.78, 5) is 10.6. The van der Waals surface area contributed by atoms with E-state index in [0.717, 1.165) is 0 Å². The van der Waals surface area contributed by atoms with Crippen molar-refractivity contribution in [1.82, 2.24) is 0 Å². The Balaban J connectivity index is 3.09. The standard InChI is InChI=1S/C7H7F3O5/c8-7(9,10)3-4(13)6(14)15-5(3)2(12)1-11/h2,5,11-13H,1H2. The number of rotatable bonds is 2. The smallest absolute Gasteiger partial charge is 0.420 e. The van der Waals surface area contributed by atoms with Crippen LogP contribution in [0.15, 0.2) is 11.3 Å². The molecule has 2 unspecified atom stereocenters. The predicted molar refractivity (Wildman–Crippen MR) is 38.7 cm³/mol. The van der Waals surface area contributed by atoms with Gasteiger partial charge in [0.25, 0.3) is 0 Å². The monoisotopic (exact) mass is 228 g/mol. The summed E-state index contributed by atoms with van der Waals surface area (Å²) in [5, 5.41) is 26.2. The first-order chi connectivity index (χ1) is 6.79. The SMILES string of the molecule is O=C1OC(C(O)CO)C(C(F)(F)F)=C1O. The van der Waals surface area contributed by atoms with Gasteiger partial charge in [0.15, 0.2) is 6.10 Å². The van der Waals surface area contributed by atoms with E-state index in [1.165, 1.54) is 0 Å².